The normalized spacial score (nSPS) is 12.9. The summed E-state index contributed by atoms with van der Waals surface area (Å²) in [6.45, 7) is 5.73. The number of rotatable bonds is 4. The highest BCUT2D eigenvalue weighted by Crippen LogP contribution is 2.12. The fourth-order valence-electron chi connectivity index (χ4n) is 1.01. The molecule has 3 N–H and O–H groups in total. The molecule has 0 saturated heterocycles. The molecule has 0 aliphatic heterocycles. The summed E-state index contributed by atoms with van der Waals surface area (Å²) in [5.41, 5.74) is 6.05. The molecule has 0 atom stereocenters. The summed E-state index contributed by atoms with van der Waals surface area (Å²) < 4.78 is 26.7. The lowest BCUT2D eigenvalue weighted by atomic mass is 10.3. The van der Waals surface area contributed by atoms with Crippen LogP contribution < -0.4 is 10.5 Å². The van der Waals surface area contributed by atoms with E-state index in [-0.39, 0.29) is 0 Å². The summed E-state index contributed by atoms with van der Waals surface area (Å²) in [6, 6.07) is 0. The summed E-state index contributed by atoms with van der Waals surface area (Å²) in [5.74, 6) is 0. The fraction of sp³-hybridized carbons (Fsp3) is 0.667. The molecule has 0 aliphatic carbocycles. The van der Waals surface area contributed by atoms with Crippen molar-refractivity contribution in [3.63, 3.8) is 0 Å². The Morgan fingerprint density at radius 1 is 1.50 bits per heavy atom. The molecule has 0 amide bonds. The number of hydrogen-bond acceptors (Lipinski definition) is 4. The Morgan fingerprint density at radius 3 is 2.56 bits per heavy atom. The van der Waals surface area contributed by atoms with Gasteiger partial charge in [-0.15, -0.1) is 0 Å². The Labute approximate surface area is 95.9 Å². The van der Waals surface area contributed by atoms with Gasteiger partial charge in [0, 0.05) is 12.7 Å². The number of sulfonamides is 1. The average Bonchev–Trinajstić information content (AvgIpc) is 2.49. The van der Waals surface area contributed by atoms with Crippen LogP contribution in [0.2, 0.25) is 0 Å². The van der Waals surface area contributed by atoms with Gasteiger partial charge in [0.1, 0.15) is 0 Å². The predicted molar refractivity (Wildman–Crippen MR) is 63.3 cm³/mol. The van der Waals surface area contributed by atoms with Crippen molar-refractivity contribution in [1.82, 2.24) is 14.5 Å². The molecule has 0 bridgehead atoms. The molecule has 0 aliphatic rings. The zero-order valence-corrected chi connectivity index (χ0v) is 10.6. The van der Waals surface area contributed by atoms with Gasteiger partial charge >= 0.3 is 0 Å². The monoisotopic (exact) mass is 246 g/mol. The molecule has 7 heteroatoms. The summed E-state index contributed by atoms with van der Waals surface area (Å²) in [6.07, 6.45) is 3.18. The molecule has 1 rings (SSSR count). The van der Waals surface area contributed by atoms with Gasteiger partial charge in [0.25, 0.3) is 0 Å². The zero-order valence-electron chi connectivity index (χ0n) is 9.77. The molecule has 1 aromatic rings. The van der Waals surface area contributed by atoms with Crippen molar-refractivity contribution in [1.29, 1.82) is 0 Å². The van der Waals surface area contributed by atoms with Gasteiger partial charge < -0.3 is 5.73 Å². The van der Waals surface area contributed by atoms with Crippen molar-refractivity contribution in [3.05, 3.63) is 12.4 Å². The molecule has 0 saturated carbocycles. The molecule has 16 heavy (non-hydrogen) atoms. The van der Waals surface area contributed by atoms with Crippen molar-refractivity contribution in [2.75, 3.05) is 12.3 Å². The van der Waals surface area contributed by atoms with Crippen LogP contribution in [-0.2, 0) is 16.6 Å². The zero-order chi connectivity index (χ0) is 12.4. The Morgan fingerprint density at radius 2 is 2.12 bits per heavy atom. The SMILES string of the molecule is CC(C)(C)S(=O)(=O)NCCn1cc(N)cn1. The standard InChI is InChI=1S/C9H18N4O2S/c1-9(2,3)16(14,15)12-4-5-13-7-8(10)6-11-13/h6-7,12H,4-5,10H2,1-3H3. The summed E-state index contributed by atoms with van der Waals surface area (Å²) in [5, 5.41) is 3.95. The van der Waals surface area contributed by atoms with Crippen LogP contribution in [-0.4, -0.2) is 29.5 Å². The molecule has 92 valence electrons. The Hall–Kier alpha value is -1.08. The van der Waals surface area contributed by atoms with Gasteiger partial charge in [-0.1, -0.05) is 0 Å². The van der Waals surface area contributed by atoms with E-state index >= 15 is 0 Å². The van der Waals surface area contributed by atoms with E-state index in [9.17, 15) is 8.42 Å². The highest BCUT2D eigenvalue weighted by Gasteiger charge is 2.28. The highest BCUT2D eigenvalue weighted by molar-refractivity contribution is 7.90. The lowest BCUT2D eigenvalue weighted by Crippen LogP contribution is -2.40. The number of nitrogen functional groups attached to an aromatic ring is 1. The highest BCUT2D eigenvalue weighted by atomic mass is 32.2. The quantitative estimate of drug-likeness (QED) is 0.793. The van der Waals surface area contributed by atoms with Gasteiger partial charge in [-0.25, -0.2) is 13.1 Å². The number of nitrogens with two attached hydrogens (primary N) is 1. The Bertz CT molecular complexity index is 444. The Kier molecular flexibility index (Phi) is 3.59. The first-order valence-electron chi connectivity index (χ1n) is 4.99. The van der Waals surface area contributed by atoms with Crippen LogP contribution in [0.15, 0.2) is 12.4 Å². The molecular weight excluding hydrogens is 228 g/mol. The molecule has 1 heterocycles. The minimum absolute atomic E-state index is 0.306. The van der Waals surface area contributed by atoms with Crippen LogP contribution >= 0.6 is 0 Å². The fourth-order valence-corrected chi connectivity index (χ4v) is 1.81. The first kappa shape index (κ1) is 13.0. The third-order valence-electron chi connectivity index (χ3n) is 2.09. The van der Waals surface area contributed by atoms with E-state index in [2.05, 4.69) is 9.82 Å². The maximum atomic E-state index is 11.7. The van der Waals surface area contributed by atoms with E-state index < -0.39 is 14.8 Å². The average molecular weight is 246 g/mol. The van der Waals surface area contributed by atoms with Gasteiger partial charge in [0.15, 0.2) is 0 Å². The van der Waals surface area contributed by atoms with Gasteiger partial charge in [-0.3, -0.25) is 4.68 Å². The number of aromatic nitrogens is 2. The van der Waals surface area contributed by atoms with Crippen LogP contribution in [0.3, 0.4) is 0 Å². The predicted octanol–water partition coefficient (Wildman–Crippen LogP) is 0.183. The van der Waals surface area contributed by atoms with Gasteiger partial charge in [0.2, 0.25) is 10.0 Å². The van der Waals surface area contributed by atoms with E-state index in [1.807, 2.05) is 0 Å². The molecule has 0 fully saturated rings. The summed E-state index contributed by atoms with van der Waals surface area (Å²) in [4.78, 5) is 0. The van der Waals surface area contributed by atoms with Crippen molar-refractivity contribution in [2.24, 2.45) is 0 Å². The lowest BCUT2D eigenvalue weighted by Gasteiger charge is -2.19. The van der Waals surface area contributed by atoms with Crippen LogP contribution in [0.25, 0.3) is 0 Å². The second-order valence-electron chi connectivity index (χ2n) is 4.55. The maximum absolute atomic E-state index is 11.7. The van der Waals surface area contributed by atoms with E-state index in [4.69, 9.17) is 5.73 Å². The van der Waals surface area contributed by atoms with Crippen LogP contribution in [0.5, 0.6) is 0 Å². The van der Waals surface area contributed by atoms with Crippen LogP contribution in [0.1, 0.15) is 20.8 Å². The molecule has 6 nitrogen and oxygen atoms in total. The van der Waals surface area contributed by atoms with Crippen LogP contribution in [0.4, 0.5) is 5.69 Å². The first-order valence-corrected chi connectivity index (χ1v) is 6.48. The molecule has 1 aromatic heterocycles. The molecule has 0 aromatic carbocycles. The van der Waals surface area contributed by atoms with Gasteiger partial charge in [0.05, 0.1) is 23.2 Å². The smallest absolute Gasteiger partial charge is 0.216 e. The van der Waals surface area contributed by atoms with Gasteiger partial charge in [-0.2, -0.15) is 5.10 Å². The number of nitrogens with one attached hydrogen (secondary N) is 1. The van der Waals surface area contributed by atoms with E-state index in [0.29, 0.717) is 18.8 Å². The van der Waals surface area contributed by atoms with Crippen molar-refractivity contribution in [3.8, 4) is 0 Å². The molecular formula is C9H18N4O2S. The number of nitrogens with zero attached hydrogens (tertiary/aromatic N) is 2. The number of anilines is 1. The molecule has 0 unspecified atom stereocenters. The first-order chi connectivity index (χ1) is 7.22. The molecule has 0 spiro atoms. The van der Waals surface area contributed by atoms with Crippen molar-refractivity contribution >= 4 is 15.7 Å². The van der Waals surface area contributed by atoms with Crippen molar-refractivity contribution < 1.29 is 8.42 Å². The molecule has 0 radical (unpaired) electrons. The van der Waals surface area contributed by atoms with Crippen molar-refractivity contribution in [2.45, 2.75) is 32.1 Å². The largest absolute Gasteiger partial charge is 0.396 e. The Balaban J connectivity index is 2.48. The summed E-state index contributed by atoms with van der Waals surface area (Å²) >= 11 is 0. The van der Waals surface area contributed by atoms with Gasteiger partial charge in [-0.05, 0) is 20.8 Å². The third-order valence-corrected chi connectivity index (χ3v) is 4.29. The summed E-state index contributed by atoms with van der Waals surface area (Å²) in [7, 11) is -3.28. The minimum Gasteiger partial charge on any atom is -0.396 e. The second-order valence-corrected chi connectivity index (χ2v) is 7.07. The minimum atomic E-state index is -3.28. The van der Waals surface area contributed by atoms with E-state index in [0.717, 1.165) is 0 Å². The third kappa shape index (κ3) is 3.21. The maximum Gasteiger partial charge on any atom is 0.216 e. The van der Waals surface area contributed by atoms with Crippen LogP contribution in [0, 0.1) is 0 Å². The van der Waals surface area contributed by atoms with E-state index in [1.54, 1.807) is 31.6 Å². The lowest BCUT2D eigenvalue weighted by molar-refractivity contribution is 0.532. The number of hydrogen-bond donors (Lipinski definition) is 2. The second kappa shape index (κ2) is 4.42. The topological polar surface area (TPSA) is 90.0 Å². The van der Waals surface area contributed by atoms with E-state index in [1.165, 1.54) is 6.20 Å².